The maximum Gasteiger partial charge on any atom is 0.211 e. The first-order valence-electron chi connectivity index (χ1n) is 7.55. The largest absolute Gasteiger partial charge is 0.385 e. The second kappa shape index (κ2) is 4.92. The molecule has 3 heterocycles. The monoisotopic (exact) mass is 355 g/mol. The molecule has 1 aliphatic carbocycles. The van der Waals surface area contributed by atoms with Gasteiger partial charge in [0, 0.05) is 24.8 Å². The fourth-order valence-corrected chi connectivity index (χ4v) is 5.31. The normalized spacial score (nSPS) is 31.8. The van der Waals surface area contributed by atoms with Gasteiger partial charge in [-0.25, -0.2) is 17.7 Å². The average molecular weight is 356 g/mol. The van der Waals surface area contributed by atoms with Gasteiger partial charge >= 0.3 is 0 Å². The summed E-state index contributed by atoms with van der Waals surface area (Å²) in [6.45, 7) is 0.976. The number of halogens is 1. The predicted octanol–water partition coefficient (Wildman–Crippen LogP) is 1.48. The molecule has 0 aromatic carbocycles. The molecule has 124 valence electrons. The van der Waals surface area contributed by atoms with Gasteiger partial charge in [0.05, 0.1) is 34.9 Å². The van der Waals surface area contributed by atoms with E-state index in [2.05, 4.69) is 4.98 Å². The van der Waals surface area contributed by atoms with E-state index in [1.165, 1.54) is 10.6 Å². The van der Waals surface area contributed by atoms with Crippen LogP contribution >= 0.6 is 11.6 Å². The Morgan fingerprint density at radius 1 is 1.35 bits per heavy atom. The molecule has 1 saturated heterocycles. The maximum absolute atomic E-state index is 11.7. The number of nitrogens with zero attached hydrogens (tertiary/aromatic N) is 3. The lowest BCUT2D eigenvalue weighted by molar-refractivity contribution is 0.0350. The molecular weight excluding hydrogens is 338 g/mol. The van der Waals surface area contributed by atoms with Crippen LogP contribution in [0.4, 0.5) is 0 Å². The van der Waals surface area contributed by atoms with Crippen LogP contribution in [0.3, 0.4) is 0 Å². The summed E-state index contributed by atoms with van der Waals surface area (Å²) >= 11 is 6.18. The van der Waals surface area contributed by atoms with E-state index in [0.29, 0.717) is 31.0 Å². The molecule has 3 atom stereocenters. The molecule has 4 rings (SSSR count). The first kappa shape index (κ1) is 15.4. The summed E-state index contributed by atoms with van der Waals surface area (Å²) in [5.41, 5.74) is 0.644. The molecule has 1 saturated carbocycles. The molecule has 8 heteroatoms. The predicted molar refractivity (Wildman–Crippen MR) is 86.7 cm³/mol. The van der Waals surface area contributed by atoms with Gasteiger partial charge in [0.1, 0.15) is 0 Å². The third-order valence-electron chi connectivity index (χ3n) is 5.20. The number of pyridine rings is 1. The van der Waals surface area contributed by atoms with Crippen molar-refractivity contribution in [3.8, 4) is 0 Å². The van der Waals surface area contributed by atoms with Crippen LogP contribution in [0, 0.1) is 11.8 Å². The van der Waals surface area contributed by atoms with Gasteiger partial charge in [0.15, 0.2) is 0 Å². The Kier molecular flexibility index (Phi) is 3.29. The quantitative estimate of drug-likeness (QED) is 0.885. The molecule has 2 aromatic rings. The Hall–Kier alpha value is -1.15. The van der Waals surface area contributed by atoms with Crippen molar-refractivity contribution in [1.29, 1.82) is 0 Å². The number of aromatic nitrogens is 2. The van der Waals surface area contributed by atoms with Crippen LogP contribution in [0.5, 0.6) is 0 Å². The van der Waals surface area contributed by atoms with E-state index in [1.54, 1.807) is 24.8 Å². The van der Waals surface area contributed by atoms with E-state index in [4.69, 9.17) is 11.6 Å². The number of sulfonamides is 1. The lowest BCUT2D eigenvalue weighted by atomic mass is 9.90. The molecule has 0 amide bonds. The van der Waals surface area contributed by atoms with Gasteiger partial charge in [-0.15, -0.1) is 0 Å². The van der Waals surface area contributed by atoms with Gasteiger partial charge in [-0.2, -0.15) is 0 Å². The minimum atomic E-state index is -3.16. The van der Waals surface area contributed by atoms with E-state index in [-0.39, 0.29) is 11.8 Å². The van der Waals surface area contributed by atoms with Gasteiger partial charge in [-0.05, 0) is 30.7 Å². The lowest BCUT2D eigenvalue weighted by Gasteiger charge is -2.26. The summed E-state index contributed by atoms with van der Waals surface area (Å²) in [6, 6.07) is 1.80. The Labute approximate surface area is 139 Å². The Morgan fingerprint density at radius 2 is 2.00 bits per heavy atom. The van der Waals surface area contributed by atoms with Gasteiger partial charge in [0.25, 0.3) is 0 Å². The molecule has 0 spiro atoms. The number of fused-ring (bicyclic) bond motifs is 2. The highest BCUT2D eigenvalue weighted by Crippen LogP contribution is 2.50. The van der Waals surface area contributed by atoms with Crippen LogP contribution in [-0.2, 0) is 15.6 Å². The third-order valence-corrected chi connectivity index (χ3v) is 6.64. The summed E-state index contributed by atoms with van der Waals surface area (Å²) in [7, 11) is -3.16. The molecular formula is C15H18ClN3O3S. The topological polar surface area (TPSA) is 74.9 Å². The molecule has 2 unspecified atom stereocenters. The second-order valence-corrected chi connectivity index (χ2v) is 9.22. The standard InChI is InChI=1S/C15H18ClN3O3S/c1-23(21,22)19-6-10-3-15(20,4-11(10)7-19)13-2-12(16)8-18-9-17-5-14(13)18/h2,5,8-11,20H,3-4,6-7H2,1H3/t10-,11?,15?/m1/s1. The highest BCUT2D eigenvalue weighted by atomic mass is 35.5. The number of rotatable bonds is 2. The Bertz CT molecular complexity index is 865. The van der Waals surface area contributed by atoms with Crippen LogP contribution in [0.25, 0.3) is 5.52 Å². The fraction of sp³-hybridized carbons (Fsp3) is 0.533. The smallest absolute Gasteiger partial charge is 0.211 e. The van der Waals surface area contributed by atoms with E-state index < -0.39 is 15.6 Å². The summed E-state index contributed by atoms with van der Waals surface area (Å²) < 4.78 is 26.8. The van der Waals surface area contributed by atoms with Gasteiger partial charge < -0.3 is 9.51 Å². The van der Waals surface area contributed by atoms with Crippen molar-refractivity contribution in [1.82, 2.24) is 13.7 Å². The highest BCUT2D eigenvalue weighted by Gasteiger charge is 2.51. The first-order valence-corrected chi connectivity index (χ1v) is 9.78. The zero-order valence-electron chi connectivity index (χ0n) is 12.7. The SMILES string of the molecule is CS(=O)(=O)N1CC2CC(O)(c3cc(Cl)cn4cncc34)C[C@@H]2C1. The van der Waals surface area contributed by atoms with E-state index >= 15 is 0 Å². The van der Waals surface area contributed by atoms with Crippen molar-refractivity contribution >= 4 is 27.1 Å². The van der Waals surface area contributed by atoms with Crippen LogP contribution in [0.1, 0.15) is 18.4 Å². The van der Waals surface area contributed by atoms with Crippen molar-refractivity contribution in [2.24, 2.45) is 11.8 Å². The number of aliphatic hydroxyl groups is 1. The summed E-state index contributed by atoms with van der Waals surface area (Å²) in [5, 5.41) is 11.8. The maximum atomic E-state index is 11.7. The summed E-state index contributed by atoms with van der Waals surface area (Å²) in [6.07, 6.45) is 7.48. The zero-order chi connectivity index (χ0) is 16.4. The van der Waals surface area contributed by atoms with Crippen LogP contribution in [0.2, 0.25) is 5.02 Å². The number of hydrogen-bond donors (Lipinski definition) is 1. The molecule has 1 aliphatic heterocycles. The molecule has 2 fully saturated rings. The molecule has 0 bridgehead atoms. The van der Waals surface area contributed by atoms with Gasteiger partial charge in [-0.3, -0.25) is 0 Å². The molecule has 1 N–H and O–H groups in total. The van der Waals surface area contributed by atoms with E-state index in [1.807, 2.05) is 4.40 Å². The van der Waals surface area contributed by atoms with E-state index in [9.17, 15) is 13.5 Å². The molecule has 23 heavy (non-hydrogen) atoms. The molecule has 2 aliphatic rings. The first-order chi connectivity index (χ1) is 10.8. The van der Waals surface area contributed by atoms with Crippen molar-refractivity contribution in [3.05, 3.63) is 35.4 Å². The average Bonchev–Trinajstić information content (AvgIpc) is 3.09. The summed E-state index contributed by atoms with van der Waals surface area (Å²) in [4.78, 5) is 4.13. The molecule has 2 aromatic heterocycles. The highest BCUT2D eigenvalue weighted by molar-refractivity contribution is 7.88. The van der Waals surface area contributed by atoms with Crippen LogP contribution < -0.4 is 0 Å². The fourth-order valence-electron chi connectivity index (χ4n) is 4.17. The number of hydrogen-bond acceptors (Lipinski definition) is 4. The van der Waals surface area contributed by atoms with Crippen molar-refractivity contribution < 1.29 is 13.5 Å². The lowest BCUT2D eigenvalue weighted by Crippen LogP contribution is -2.32. The third kappa shape index (κ3) is 2.46. The minimum Gasteiger partial charge on any atom is -0.385 e. The van der Waals surface area contributed by atoms with Crippen LogP contribution in [0.15, 0.2) is 24.8 Å². The molecule has 6 nitrogen and oxygen atoms in total. The minimum absolute atomic E-state index is 0.177. The zero-order valence-corrected chi connectivity index (χ0v) is 14.3. The van der Waals surface area contributed by atoms with Gasteiger partial charge in [-0.1, -0.05) is 11.6 Å². The molecule has 0 radical (unpaired) electrons. The van der Waals surface area contributed by atoms with Gasteiger partial charge in [0.2, 0.25) is 10.0 Å². The number of imidazole rings is 1. The van der Waals surface area contributed by atoms with Crippen molar-refractivity contribution in [3.63, 3.8) is 0 Å². The van der Waals surface area contributed by atoms with E-state index in [0.717, 1.165) is 11.1 Å². The Balaban J connectivity index is 1.68. The summed E-state index contributed by atoms with van der Waals surface area (Å²) in [5.74, 6) is 0.355. The van der Waals surface area contributed by atoms with Crippen molar-refractivity contribution in [2.45, 2.75) is 18.4 Å². The second-order valence-electron chi connectivity index (χ2n) is 6.80. The van der Waals surface area contributed by atoms with Crippen molar-refractivity contribution in [2.75, 3.05) is 19.3 Å². The van der Waals surface area contributed by atoms with Crippen LogP contribution in [-0.4, -0.2) is 46.6 Å². The Morgan fingerprint density at radius 3 is 2.61 bits per heavy atom.